The van der Waals surface area contributed by atoms with Gasteiger partial charge in [-0.25, -0.2) is 13.2 Å². The van der Waals surface area contributed by atoms with Crippen LogP contribution < -0.4 is 0 Å². The van der Waals surface area contributed by atoms with Crippen LogP contribution in [0.2, 0.25) is 0 Å². The molecule has 0 bridgehead atoms. The third-order valence-electron chi connectivity index (χ3n) is 3.00. The van der Waals surface area contributed by atoms with Gasteiger partial charge in [-0.1, -0.05) is 0 Å². The number of carboxylic acid groups (broad SMARTS) is 1. The van der Waals surface area contributed by atoms with Crippen LogP contribution in [0.1, 0.15) is 16.1 Å². The fourth-order valence-corrected chi connectivity index (χ4v) is 4.88. The summed E-state index contributed by atoms with van der Waals surface area (Å²) in [4.78, 5) is 22.0. The fourth-order valence-electron chi connectivity index (χ4n) is 1.98. The van der Waals surface area contributed by atoms with Crippen LogP contribution in [-0.4, -0.2) is 50.0 Å². The molecule has 0 aromatic carbocycles. The smallest absolute Gasteiger partial charge is 0.349 e. The van der Waals surface area contributed by atoms with Gasteiger partial charge in [0.1, 0.15) is 9.77 Å². The number of hydrogen-bond donors (Lipinski definition) is 1. The predicted molar refractivity (Wildman–Crippen MR) is 70.2 cm³/mol. The van der Waals surface area contributed by atoms with E-state index in [1.165, 1.54) is 22.9 Å². The highest BCUT2D eigenvalue weighted by atomic mass is 32.2. The lowest BCUT2D eigenvalue weighted by molar-refractivity contribution is -0.139. The molecule has 0 saturated carbocycles. The van der Waals surface area contributed by atoms with Crippen molar-refractivity contribution in [1.29, 1.82) is 0 Å². The number of carboxylic acids is 1. The number of nitrogens with zero attached hydrogens (tertiary/aromatic N) is 1. The maximum absolute atomic E-state index is 12.3. The second-order valence-electron chi connectivity index (χ2n) is 4.39. The van der Waals surface area contributed by atoms with E-state index in [2.05, 4.69) is 4.74 Å². The Labute approximate surface area is 119 Å². The summed E-state index contributed by atoms with van der Waals surface area (Å²) in [7, 11) is -2.58. The molecule has 2 rings (SSSR count). The number of sulfonamides is 1. The zero-order valence-electron chi connectivity index (χ0n) is 10.6. The van der Waals surface area contributed by atoms with E-state index in [1.807, 2.05) is 0 Å². The van der Waals surface area contributed by atoms with Gasteiger partial charge in [0.25, 0.3) is 0 Å². The molecule has 0 unspecified atom stereocenters. The van der Waals surface area contributed by atoms with E-state index in [0.29, 0.717) is 0 Å². The molecular formula is C11H13NO6S2. The molecule has 20 heavy (non-hydrogen) atoms. The Morgan fingerprint density at radius 2 is 2.15 bits per heavy atom. The van der Waals surface area contributed by atoms with Crippen molar-refractivity contribution in [2.75, 3.05) is 20.2 Å². The van der Waals surface area contributed by atoms with Crippen LogP contribution in [0.25, 0.3) is 0 Å². The van der Waals surface area contributed by atoms with E-state index in [0.717, 1.165) is 11.3 Å². The SMILES string of the molecule is COC(=O)c1sccc1S(=O)(=O)N1CC(CC(=O)O)C1. The summed E-state index contributed by atoms with van der Waals surface area (Å²) >= 11 is 0.998. The number of methoxy groups -OCH3 is 1. The molecule has 1 N–H and O–H groups in total. The zero-order valence-corrected chi connectivity index (χ0v) is 12.2. The Balaban J connectivity index is 2.15. The molecule has 0 radical (unpaired) electrons. The van der Waals surface area contributed by atoms with E-state index < -0.39 is 22.0 Å². The number of thiophene rings is 1. The minimum Gasteiger partial charge on any atom is -0.481 e. The summed E-state index contributed by atoms with van der Waals surface area (Å²) in [6.45, 7) is 0.316. The maximum atomic E-state index is 12.3. The highest BCUT2D eigenvalue weighted by molar-refractivity contribution is 7.89. The predicted octanol–water partition coefficient (Wildman–Crippen LogP) is 0.630. The number of esters is 1. The molecule has 0 atom stereocenters. The first-order chi connectivity index (χ1) is 9.36. The van der Waals surface area contributed by atoms with Crippen molar-refractivity contribution < 1.29 is 27.9 Å². The first-order valence-electron chi connectivity index (χ1n) is 5.74. The third kappa shape index (κ3) is 2.69. The van der Waals surface area contributed by atoms with Crippen molar-refractivity contribution in [3.05, 3.63) is 16.3 Å². The molecule has 7 nitrogen and oxygen atoms in total. The van der Waals surface area contributed by atoms with Gasteiger partial charge in [-0.05, 0) is 17.4 Å². The third-order valence-corrected chi connectivity index (χ3v) is 5.90. The van der Waals surface area contributed by atoms with Crippen LogP contribution in [0.4, 0.5) is 0 Å². The van der Waals surface area contributed by atoms with Gasteiger partial charge in [-0.15, -0.1) is 11.3 Å². The lowest BCUT2D eigenvalue weighted by Gasteiger charge is -2.37. The number of hydrogen-bond acceptors (Lipinski definition) is 6. The summed E-state index contributed by atoms with van der Waals surface area (Å²) in [6.07, 6.45) is -0.0560. The van der Waals surface area contributed by atoms with Crippen molar-refractivity contribution in [3.63, 3.8) is 0 Å². The van der Waals surface area contributed by atoms with E-state index >= 15 is 0 Å². The van der Waals surface area contributed by atoms with Crippen LogP contribution in [-0.2, 0) is 19.6 Å². The van der Waals surface area contributed by atoms with Crippen molar-refractivity contribution in [2.24, 2.45) is 5.92 Å². The molecule has 1 aromatic heterocycles. The van der Waals surface area contributed by atoms with Crippen LogP contribution in [0, 0.1) is 5.92 Å². The van der Waals surface area contributed by atoms with E-state index in [-0.39, 0.29) is 35.2 Å². The Morgan fingerprint density at radius 3 is 2.70 bits per heavy atom. The zero-order chi connectivity index (χ0) is 14.9. The second-order valence-corrected chi connectivity index (χ2v) is 7.21. The van der Waals surface area contributed by atoms with Crippen LogP contribution in [0.15, 0.2) is 16.3 Å². The molecule has 1 aliphatic heterocycles. The number of carbonyl (C=O) groups is 2. The van der Waals surface area contributed by atoms with Gasteiger partial charge < -0.3 is 9.84 Å². The molecule has 0 amide bonds. The van der Waals surface area contributed by atoms with Gasteiger partial charge in [-0.2, -0.15) is 4.31 Å². The first-order valence-corrected chi connectivity index (χ1v) is 8.06. The molecule has 1 aromatic rings. The molecule has 110 valence electrons. The largest absolute Gasteiger partial charge is 0.481 e. The van der Waals surface area contributed by atoms with Crippen LogP contribution in [0.3, 0.4) is 0 Å². The maximum Gasteiger partial charge on any atom is 0.349 e. The molecule has 1 fully saturated rings. The topological polar surface area (TPSA) is 101 Å². The number of aliphatic carboxylic acids is 1. The van der Waals surface area contributed by atoms with E-state index in [9.17, 15) is 18.0 Å². The van der Waals surface area contributed by atoms with E-state index in [4.69, 9.17) is 5.11 Å². The number of rotatable bonds is 5. The molecule has 1 saturated heterocycles. The lowest BCUT2D eigenvalue weighted by Crippen LogP contribution is -2.50. The Morgan fingerprint density at radius 1 is 1.50 bits per heavy atom. The van der Waals surface area contributed by atoms with Gasteiger partial charge in [-0.3, -0.25) is 4.79 Å². The molecular weight excluding hydrogens is 306 g/mol. The van der Waals surface area contributed by atoms with Crippen molar-refractivity contribution in [2.45, 2.75) is 11.3 Å². The van der Waals surface area contributed by atoms with Gasteiger partial charge in [0, 0.05) is 13.1 Å². The summed E-state index contributed by atoms with van der Waals surface area (Å²) < 4.78 is 30.4. The quantitative estimate of drug-likeness (QED) is 0.799. The van der Waals surface area contributed by atoms with Gasteiger partial charge in [0.15, 0.2) is 0 Å². The minimum absolute atomic E-state index is 0.0363. The highest BCUT2D eigenvalue weighted by Gasteiger charge is 2.39. The van der Waals surface area contributed by atoms with Gasteiger partial charge >= 0.3 is 11.9 Å². The van der Waals surface area contributed by atoms with Gasteiger partial charge in [0.2, 0.25) is 10.0 Å². The Bertz CT molecular complexity index is 629. The summed E-state index contributed by atoms with van der Waals surface area (Å²) in [5, 5.41) is 10.2. The normalized spacial score (nSPS) is 16.6. The average molecular weight is 319 g/mol. The lowest BCUT2D eigenvalue weighted by atomic mass is 10.00. The standard InChI is InChI=1S/C11H13NO6S2/c1-18-11(15)10-8(2-3-19-10)20(16,17)12-5-7(6-12)4-9(13)14/h2-3,7H,4-6H2,1H3,(H,13,14). The molecule has 1 aliphatic rings. The summed E-state index contributed by atoms with van der Waals surface area (Å²) in [5.41, 5.74) is 0. The molecule has 0 aliphatic carbocycles. The number of carbonyl (C=O) groups excluding carboxylic acids is 1. The fraction of sp³-hybridized carbons (Fsp3) is 0.455. The second kappa shape index (κ2) is 5.51. The summed E-state index contributed by atoms with van der Waals surface area (Å²) in [6, 6.07) is 1.36. The van der Waals surface area contributed by atoms with Gasteiger partial charge in [0.05, 0.1) is 13.5 Å². The van der Waals surface area contributed by atoms with Crippen molar-refractivity contribution in [3.8, 4) is 0 Å². The molecule has 0 spiro atoms. The Hall–Kier alpha value is -1.45. The number of ether oxygens (including phenoxy) is 1. The molecule has 2 heterocycles. The van der Waals surface area contributed by atoms with Crippen molar-refractivity contribution >= 4 is 33.3 Å². The highest BCUT2D eigenvalue weighted by Crippen LogP contribution is 2.31. The van der Waals surface area contributed by atoms with Crippen molar-refractivity contribution in [1.82, 2.24) is 4.31 Å². The Kier molecular flexibility index (Phi) is 4.11. The summed E-state index contributed by atoms with van der Waals surface area (Å²) in [5.74, 6) is -1.82. The minimum atomic E-state index is -3.76. The average Bonchev–Trinajstić information content (AvgIpc) is 2.81. The molecule has 9 heteroatoms. The monoisotopic (exact) mass is 319 g/mol. The van der Waals surface area contributed by atoms with E-state index in [1.54, 1.807) is 0 Å². The first kappa shape index (κ1) is 14.9. The van der Waals surface area contributed by atoms with Crippen LogP contribution in [0.5, 0.6) is 0 Å². The van der Waals surface area contributed by atoms with Crippen LogP contribution >= 0.6 is 11.3 Å².